The van der Waals surface area contributed by atoms with E-state index in [0.29, 0.717) is 6.04 Å². The highest BCUT2D eigenvalue weighted by molar-refractivity contribution is 5.14. The van der Waals surface area contributed by atoms with Crippen LogP contribution in [0.2, 0.25) is 0 Å². The predicted octanol–water partition coefficient (Wildman–Crippen LogP) is 2.03. The number of nitrogens with zero attached hydrogens (tertiary/aromatic N) is 2. The van der Waals surface area contributed by atoms with Gasteiger partial charge in [0.15, 0.2) is 0 Å². The summed E-state index contributed by atoms with van der Waals surface area (Å²) in [5, 5.41) is 3.14. The third kappa shape index (κ3) is 3.51. The summed E-state index contributed by atoms with van der Waals surface area (Å²) >= 11 is 0. The molecule has 2 rings (SSSR count). The van der Waals surface area contributed by atoms with E-state index in [4.69, 9.17) is 0 Å². The number of hydrogen-bond donors (Lipinski definition) is 1. The van der Waals surface area contributed by atoms with Crippen molar-refractivity contribution < 1.29 is 0 Å². The summed E-state index contributed by atoms with van der Waals surface area (Å²) in [6, 6.07) is 4.99. The van der Waals surface area contributed by atoms with Crippen LogP contribution in [-0.2, 0) is 13.1 Å². The van der Waals surface area contributed by atoms with Crippen molar-refractivity contribution in [2.45, 2.75) is 38.9 Å². The van der Waals surface area contributed by atoms with Crippen molar-refractivity contribution in [1.29, 1.82) is 0 Å². The number of pyridine rings is 1. The molecule has 1 atom stereocenters. The molecular weight excluding hydrogens is 210 g/mol. The lowest BCUT2D eigenvalue weighted by Gasteiger charge is -2.24. The molecule has 3 nitrogen and oxygen atoms in total. The van der Waals surface area contributed by atoms with E-state index in [-0.39, 0.29) is 0 Å². The molecule has 1 aliphatic carbocycles. The minimum absolute atomic E-state index is 0.689. The summed E-state index contributed by atoms with van der Waals surface area (Å²) in [6.07, 6.45) is 4.78. The lowest BCUT2D eigenvalue weighted by Crippen LogP contribution is -2.30. The lowest BCUT2D eigenvalue weighted by atomic mass is 10.2. The smallest absolute Gasteiger partial charge is 0.0544 e. The monoisotopic (exact) mass is 233 g/mol. The maximum Gasteiger partial charge on any atom is 0.0544 e. The van der Waals surface area contributed by atoms with Crippen LogP contribution < -0.4 is 5.32 Å². The van der Waals surface area contributed by atoms with Gasteiger partial charge in [0.2, 0.25) is 0 Å². The van der Waals surface area contributed by atoms with E-state index in [0.717, 1.165) is 19.0 Å². The van der Waals surface area contributed by atoms with Crippen molar-refractivity contribution >= 4 is 0 Å². The minimum Gasteiger partial charge on any atom is -0.316 e. The SMILES string of the molecule is CNCc1ccc(CN(C)C(C)C2CC2)nc1. The van der Waals surface area contributed by atoms with Crippen LogP contribution >= 0.6 is 0 Å². The first-order chi connectivity index (χ1) is 8.20. The zero-order chi connectivity index (χ0) is 12.3. The fraction of sp³-hybridized carbons (Fsp3) is 0.643. The summed E-state index contributed by atoms with van der Waals surface area (Å²) in [4.78, 5) is 6.93. The zero-order valence-electron chi connectivity index (χ0n) is 11.1. The first kappa shape index (κ1) is 12.5. The van der Waals surface area contributed by atoms with E-state index < -0.39 is 0 Å². The third-order valence-corrected chi connectivity index (χ3v) is 3.68. The van der Waals surface area contributed by atoms with Gasteiger partial charge in [0.1, 0.15) is 0 Å². The number of nitrogens with one attached hydrogen (secondary N) is 1. The lowest BCUT2D eigenvalue weighted by molar-refractivity contribution is 0.224. The van der Waals surface area contributed by atoms with Crippen molar-refractivity contribution in [3.8, 4) is 0 Å². The van der Waals surface area contributed by atoms with Gasteiger partial charge in [0, 0.05) is 25.3 Å². The Balaban J connectivity index is 1.88. The normalized spacial score (nSPS) is 17.4. The summed E-state index contributed by atoms with van der Waals surface area (Å²) in [7, 11) is 4.16. The molecule has 1 aromatic heterocycles. The van der Waals surface area contributed by atoms with Crippen molar-refractivity contribution in [2.75, 3.05) is 14.1 Å². The van der Waals surface area contributed by atoms with Crippen LogP contribution in [0.5, 0.6) is 0 Å². The summed E-state index contributed by atoms with van der Waals surface area (Å²) in [6.45, 7) is 4.17. The Hall–Kier alpha value is -0.930. The second-order valence-corrected chi connectivity index (χ2v) is 5.18. The molecule has 1 heterocycles. The fourth-order valence-electron chi connectivity index (χ4n) is 2.20. The average molecular weight is 233 g/mol. The summed E-state index contributed by atoms with van der Waals surface area (Å²) in [5.41, 5.74) is 2.41. The van der Waals surface area contributed by atoms with Crippen molar-refractivity contribution in [3.05, 3.63) is 29.6 Å². The molecule has 94 valence electrons. The quantitative estimate of drug-likeness (QED) is 0.815. The minimum atomic E-state index is 0.689. The van der Waals surface area contributed by atoms with Crippen LogP contribution in [0, 0.1) is 5.92 Å². The van der Waals surface area contributed by atoms with Gasteiger partial charge in [0.25, 0.3) is 0 Å². The van der Waals surface area contributed by atoms with E-state index in [1.807, 2.05) is 13.2 Å². The van der Waals surface area contributed by atoms with Crippen LogP contribution in [-0.4, -0.2) is 30.0 Å². The number of rotatable bonds is 6. The van der Waals surface area contributed by atoms with Gasteiger partial charge in [-0.2, -0.15) is 0 Å². The molecule has 1 fully saturated rings. The molecule has 0 aliphatic heterocycles. The van der Waals surface area contributed by atoms with Gasteiger partial charge in [-0.05, 0) is 51.4 Å². The molecule has 1 N–H and O–H groups in total. The fourth-order valence-corrected chi connectivity index (χ4v) is 2.20. The van der Waals surface area contributed by atoms with Crippen LogP contribution in [0.15, 0.2) is 18.3 Å². The highest BCUT2D eigenvalue weighted by Gasteiger charge is 2.30. The molecule has 1 aromatic rings. The van der Waals surface area contributed by atoms with Crippen molar-refractivity contribution in [1.82, 2.24) is 15.2 Å². The molecule has 1 unspecified atom stereocenters. The highest BCUT2D eigenvalue weighted by Crippen LogP contribution is 2.34. The zero-order valence-corrected chi connectivity index (χ0v) is 11.1. The molecule has 0 radical (unpaired) electrons. The van der Waals surface area contributed by atoms with Gasteiger partial charge in [-0.3, -0.25) is 9.88 Å². The first-order valence-electron chi connectivity index (χ1n) is 6.49. The van der Waals surface area contributed by atoms with Gasteiger partial charge >= 0.3 is 0 Å². The predicted molar refractivity (Wildman–Crippen MR) is 70.7 cm³/mol. The van der Waals surface area contributed by atoms with Gasteiger partial charge in [-0.15, -0.1) is 0 Å². The van der Waals surface area contributed by atoms with E-state index in [1.54, 1.807) is 0 Å². The van der Waals surface area contributed by atoms with Crippen LogP contribution in [0.1, 0.15) is 31.0 Å². The molecular formula is C14H23N3. The molecule has 0 saturated heterocycles. The Morgan fingerprint density at radius 3 is 2.76 bits per heavy atom. The summed E-state index contributed by atoms with van der Waals surface area (Å²) in [5.74, 6) is 0.920. The molecule has 0 spiro atoms. The molecule has 3 heteroatoms. The number of hydrogen-bond acceptors (Lipinski definition) is 3. The molecule has 1 saturated carbocycles. The Labute approximate surface area is 104 Å². The van der Waals surface area contributed by atoms with Gasteiger partial charge < -0.3 is 5.32 Å². The molecule has 17 heavy (non-hydrogen) atoms. The van der Waals surface area contributed by atoms with Gasteiger partial charge in [-0.25, -0.2) is 0 Å². The average Bonchev–Trinajstić information content (AvgIpc) is 3.15. The largest absolute Gasteiger partial charge is 0.316 e. The Morgan fingerprint density at radius 2 is 2.24 bits per heavy atom. The Bertz CT molecular complexity index is 343. The van der Waals surface area contributed by atoms with Crippen molar-refractivity contribution in [3.63, 3.8) is 0 Å². The van der Waals surface area contributed by atoms with E-state index in [9.17, 15) is 0 Å². The van der Waals surface area contributed by atoms with Crippen LogP contribution in [0.3, 0.4) is 0 Å². The summed E-state index contributed by atoms with van der Waals surface area (Å²) < 4.78 is 0. The van der Waals surface area contributed by atoms with E-state index >= 15 is 0 Å². The second kappa shape index (κ2) is 5.61. The maximum absolute atomic E-state index is 4.52. The molecule has 1 aliphatic rings. The van der Waals surface area contributed by atoms with Crippen molar-refractivity contribution in [2.24, 2.45) is 5.92 Å². The van der Waals surface area contributed by atoms with Crippen LogP contribution in [0.4, 0.5) is 0 Å². The topological polar surface area (TPSA) is 28.2 Å². The van der Waals surface area contributed by atoms with E-state index in [1.165, 1.54) is 24.1 Å². The standard InChI is InChI=1S/C14H23N3/c1-11(13-5-6-13)17(3)10-14-7-4-12(8-15-2)9-16-14/h4,7,9,11,13,15H,5-6,8,10H2,1-3H3. The number of aromatic nitrogens is 1. The molecule has 0 bridgehead atoms. The van der Waals surface area contributed by atoms with Gasteiger partial charge in [-0.1, -0.05) is 6.07 Å². The second-order valence-electron chi connectivity index (χ2n) is 5.18. The maximum atomic E-state index is 4.52. The third-order valence-electron chi connectivity index (χ3n) is 3.68. The first-order valence-corrected chi connectivity index (χ1v) is 6.49. The highest BCUT2D eigenvalue weighted by atomic mass is 15.1. The Morgan fingerprint density at radius 1 is 1.47 bits per heavy atom. The molecule has 0 aromatic carbocycles. The van der Waals surface area contributed by atoms with Gasteiger partial charge in [0.05, 0.1) is 5.69 Å². The Kier molecular flexibility index (Phi) is 4.13. The molecule has 0 amide bonds. The van der Waals surface area contributed by atoms with Crippen LogP contribution in [0.25, 0.3) is 0 Å². The van der Waals surface area contributed by atoms with E-state index in [2.05, 4.69) is 41.3 Å².